The van der Waals surface area contributed by atoms with Crippen molar-refractivity contribution in [3.63, 3.8) is 0 Å². The van der Waals surface area contributed by atoms with Crippen LogP contribution >= 0.6 is 0 Å². The largest absolute Gasteiger partial charge is 0.376 e. The Labute approximate surface area is 126 Å². The number of anilines is 1. The van der Waals surface area contributed by atoms with Gasteiger partial charge in [-0.15, -0.1) is 0 Å². The summed E-state index contributed by atoms with van der Waals surface area (Å²) in [5, 5.41) is 3.46. The van der Waals surface area contributed by atoms with E-state index in [2.05, 4.69) is 20.2 Å². The standard InChI is InChI=1S/C15H25N5O/c16-13-3-1-6-17-14(13)11-21-12-4-9-20(10-5-12)15-18-7-2-8-19-15/h2,7-8,12-14,17H,1,3-6,9-11,16H2/t13-,14-/m0/s1. The Balaban J connectivity index is 1.41. The van der Waals surface area contributed by atoms with Gasteiger partial charge in [0, 0.05) is 37.6 Å². The molecule has 2 fully saturated rings. The van der Waals surface area contributed by atoms with Gasteiger partial charge >= 0.3 is 0 Å². The highest BCUT2D eigenvalue weighted by Gasteiger charge is 2.25. The van der Waals surface area contributed by atoms with E-state index < -0.39 is 0 Å². The zero-order valence-electron chi connectivity index (χ0n) is 12.4. The molecule has 2 aliphatic heterocycles. The van der Waals surface area contributed by atoms with Crippen LogP contribution in [-0.4, -0.2) is 54.4 Å². The van der Waals surface area contributed by atoms with Crippen LogP contribution in [0, 0.1) is 0 Å². The number of ether oxygens (including phenoxy) is 1. The second-order valence-electron chi connectivity index (χ2n) is 5.94. The molecule has 3 heterocycles. The molecule has 116 valence electrons. The predicted octanol–water partition coefficient (Wildman–Crippen LogP) is 0.541. The van der Waals surface area contributed by atoms with Crippen molar-refractivity contribution in [3.8, 4) is 0 Å². The van der Waals surface area contributed by atoms with Crippen molar-refractivity contribution in [2.24, 2.45) is 5.73 Å². The molecule has 0 radical (unpaired) electrons. The van der Waals surface area contributed by atoms with Crippen LogP contribution in [-0.2, 0) is 4.74 Å². The molecule has 0 unspecified atom stereocenters. The molecule has 2 aliphatic rings. The van der Waals surface area contributed by atoms with Gasteiger partial charge in [0.1, 0.15) is 0 Å². The van der Waals surface area contributed by atoms with E-state index in [-0.39, 0.29) is 6.04 Å². The lowest BCUT2D eigenvalue weighted by molar-refractivity contribution is 0.0164. The quantitative estimate of drug-likeness (QED) is 0.843. The smallest absolute Gasteiger partial charge is 0.225 e. The monoisotopic (exact) mass is 291 g/mol. The summed E-state index contributed by atoms with van der Waals surface area (Å²) in [4.78, 5) is 10.8. The van der Waals surface area contributed by atoms with E-state index in [0.29, 0.717) is 12.1 Å². The summed E-state index contributed by atoms with van der Waals surface area (Å²) in [5.41, 5.74) is 6.13. The van der Waals surface area contributed by atoms with E-state index in [1.54, 1.807) is 12.4 Å². The predicted molar refractivity (Wildman–Crippen MR) is 82.2 cm³/mol. The zero-order chi connectivity index (χ0) is 14.5. The molecule has 0 saturated carbocycles. The summed E-state index contributed by atoms with van der Waals surface area (Å²) in [6, 6.07) is 2.39. The fourth-order valence-electron chi connectivity index (χ4n) is 3.08. The average Bonchev–Trinajstić information content (AvgIpc) is 2.55. The van der Waals surface area contributed by atoms with Crippen molar-refractivity contribution in [2.75, 3.05) is 31.1 Å². The number of hydrogen-bond acceptors (Lipinski definition) is 6. The molecule has 1 aromatic rings. The third-order valence-electron chi connectivity index (χ3n) is 4.43. The highest BCUT2D eigenvalue weighted by Crippen LogP contribution is 2.18. The molecule has 2 atom stereocenters. The van der Waals surface area contributed by atoms with Crippen LogP contribution in [0.4, 0.5) is 5.95 Å². The normalized spacial score (nSPS) is 27.8. The van der Waals surface area contributed by atoms with E-state index in [0.717, 1.165) is 51.5 Å². The van der Waals surface area contributed by atoms with Crippen LogP contribution in [0.1, 0.15) is 25.7 Å². The third-order valence-corrected chi connectivity index (χ3v) is 4.43. The van der Waals surface area contributed by atoms with Crippen molar-refractivity contribution in [2.45, 2.75) is 43.9 Å². The molecule has 0 spiro atoms. The maximum Gasteiger partial charge on any atom is 0.225 e. The first-order valence-corrected chi connectivity index (χ1v) is 7.95. The van der Waals surface area contributed by atoms with Gasteiger partial charge in [0.2, 0.25) is 5.95 Å². The number of nitrogens with one attached hydrogen (secondary N) is 1. The Morgan fingerprint density at radius 2 is 2.00 bits per heavy atom. The molecule has 21 heavy (non-hydrogen) atoms. The number of piperidine rings is 2. The lowest BCUT2D eigenvalue weighted by Crippen LogP contribution is -2.52. The first-order chi connectivity index (χ1) is 10.3. The minimum atomic E-state index is 0.233. The summed E-state index contributed by atoms with van der Waals surface area (Å²) >= 11 is 0. The molecule has 0 aliphatic carbocycles. The summed E-state index contributed by atoms with van der Waals surface area (Å²) in [5.74, 6) is 0.826. The Morgan fingerprint density at radius 1 is 1.24 bits per heavy atom. The third kappa shape index (κ3) is 3.90. The highest BCUT2D eigenvalue weighted by molar-refractivity contribution is 5.28. The van der Waals surface area contributed by atoms with Crippen LogP contribution in [0.15, 0.2) is 18.5 Å². The van der Waals surface area contributed by atoms with Gasteiger partial charge in [-0.2, -0.15) is 0 Å². The average molecular weight is 291 g/mol. The topological polar surface area (TPSA) is 76.3 Å². The van der Waals surface area contributed by atoms with E-state index >= 15 is 0 Å². The van der Waals surface area contributed by atoms with E-state index in [4.69, 9.17) is 10.5 Å². The maximum absolute atomic E-state index is 6.13. The van der Waals surface area contributed by atoms with Crippen molar-refractivity contribution < 1.29 is 4.74 Å². The first-order valence-electron chi connectivity index (χ1n) is 7.95. The lowest BCUT2D eigenvalue weighted by Gasteiger charge is -2.34. The summed E-state index contributed by atoms with van der Waals surface area (Å²) < 4.78 is 6.07. The molecule has 0 aromatic carbocycles. The van der Waals surface area contributed by atoms with Gasteiger partial charge in [-0.3, -0.25) is 0 Å². The van der Waals surface area contributed by atoms with Gasteiger partial charge in [-0.1, -0.05) is 0 Å². The summed E-state index contributed by atoms with van der Waals surface area (Å²) in [6.45, 7) is 3.71. The van der Waals surface area contributed by atoms with E-state index in [1.807, 2.05) is 6.07 Å². The fourth-order valence-corrected chi connectivity index (χ4v) is 3.08. The second kappa shape index (κ2) is 7.15. The van der Waals surface area contributed by atoms with Crippen LogP contribution < -0.4 is 16.0 Å². The molecule has 1 aromatic heterocycles. The molecule has 0 amide bonds. The number of nitrogens with zero attached hydrogens (tertiary/aromatic N) is 3. The molecule has 2 saturated heterocycles. The Kier molecular flexibility index (Phi) is 5.00. The highest BCUT2D eigenvalue weighted by atomic mass is 16.5. The molecular formula is C15H25N5O. The Hall–Kier alpha value is -1.24. The summed E-state index contributed by atoms with van der Waals surface area (Å²) in [6.07, 6.45) is 8.25. The number of aromatic nitrogens is 2. The van der Waals surface area contributed by atoms with Gasteiger partial charge in [0.05, 0.1) is 12.7 Å². The van der Waals surface area contributed by atoms with Crippen molar-refractivity contribution in [1.29, 1.82) is 0 Å². The number of nitrogens with two attached hydrogens (primary N) is 1. The van der Waals surface area contributed by atoms with Crippen molar-refractivity contribution in [3.05, 3.63) is 18.5 Å². The Bertz CT molecular complexity index is 421. The minimum absolute atomic E-state index is 0.233. The van der Waals surface area contributed by atoms with Crippen LogP contribution in [0.25, 0.3) is 0 Å². The fraction of sp³-hybridized carbons (Fsp3) is 0.733. The van der Waals surface area contributed by atoms with Gasteiger partial charge in [0.15, 0.2) is 0 Å². The van der Waals surface area contributed by atoms with Gasteiger partial charge in [-0.05, 0) is 38.3 Å². The van der Waals surface area contributed by atoms with Gasteiger partial charge in [-0.25, -0.2) is 9.97 Å². The van der Waals surface area contributed by atoms with E-state index in [1.165, 1.54) is 6.42 Å². The molecule has 0 bridgehead atoms. The van der Waals surface area contributed by atoms with Crippen LogP contribution in [0.2, 0.25) is 0 Å². The number of hydrogen-bond donors (Lipinski definition) is 2. The maximum atomic E-state index is 6.13. The van der Waals surface area contributed by atoms with E-state index in [9.17, 15) is 0 Å². The number of rotatable bonds is 4. The molecule has 6 heteroatoms. The molecule has 3 rings (SSSR count). The first kappa shape index (κ1) is 14.7. The Morgan fingerprint density at radius 3 is 2.71 bits per heavy atom. The lowest BCUT2D eigenvalue weighted by atomic mass is 10.00. The zero-order valence-corrected chi connectivity index (χ0v) is 12.4. The van der Waals surface area contributed by atoms with Crippen LogP contribution in [0.5, 0.6) is 0 Å². The minimum Gasteiger partial charge on any atom is -0.376 e. The van der Waals surface area contributed by atoms with Crippen molar-refractivity contribution in [1.82, 2.24) is 15.3 Å². The van der Waals surface area contributed by atoms with Gasteiger partial charge < -0.3 is 20.7 Å². The molecule has 6 nitrogen and oxygen atoms in total. The SMILES string of the molecule is N[C@H]1CCCN[C@H]1COC1CCN(c2ncccn2)CC1. The molecule has 3 N–H and O–H groups in total. The second-order valence-corrected chi connectivity index (χ2v) is 5.94. The van der Waals surface area contributed by atoms with Gasteiger partial charge in [0.25, 0.3) is 0 Å². The van der Waals surface area contributed by atoms with Crippen LogP contribution in [0.3, 0.4) is 0 Å². The van der Waals surface area contributed by atoms with Crippen molar-refractivity contribution >= 4 is 5.95 Å². The molecular weight excluding hydrogens is 266 g/mol. The summed E-state index contributed by atoms with van der Waals surface area (Å²) in [7, 11) is 0.